The van der Waals surface area contributed by atoms with Gasteiger partial charge in [0.2, 0.25) is 0 Å². The van der Waals surface area contributed by atoms with Crippen molar-refractivity contribution in [1.82, 2.24) is 30.6 Å². The molecule has 2 aromatic carbocycles. The van der Waals surface area contributed by atoms with Gasteiger partial charge in [-0.3, -0.25) is 24.7 Å². The number of aliphatic hydroxyl groups excluding tert-OH is 3. The molecule has 0 saturated carbocycles. The third-order valence-corrected chi connectivity index (χ3v) is 10.2. The van der Waals surface area contributed by atoms with Gasteiger partial charge < -0.3 is 30.6 Å². The fourth-order valence-corrected chi connectivity index (χ4v) is 7.36. The monoisotopic (exact) mass is 772 g/mol. The van der Waals surface area contributed by atoms with Crippen LogP contribution in [0.1, 0.15) is 59.1 Å². The lowest BCUT2D eigenvalue weighted by Crippen LogP contribution is -2.61. The van der Waals surface area contributed by atoms with E-state index in [0.717, 1.165) is 27.3 Å². The van der Waals surface area contributed by atoms with Crippen molar-refractivity contribution in [2.75, 3.05) is 26.4 Å². The lowest BCUT2D eigenvalue weighted by atomic mass is 9.84. The van der Waals surface area contributed by atoms with Crippen molar-refractivity contribution in [3.05, 3.63) is 90.1 Å². The summed E-state index contributed by atoms with van der Waals surface area (Å²) in [7, 11) is -1.44. The van der Waals surface area contributed by atoms with Crippen LogP contribution in [0.5, 0.6) is 0 Å². The molecule has 0 radical (unpaired) electrons. The summed E-state index contributed by atoms with van der Waals surface area (Å²) in [5, 5.41) is 55.2. The van der Waals surface area contributed by atoms with E-state index in [-0.39, 0.29) is 13.0 Å². The molecular formula is C40H64N6O7S. The number of hydrogen-bond acceptors (Lipinski definition) is 11. The van der Waals surface area contributed by atoms with E-state index in [9.17, 15) is 34.3 Å². The quantitative estimate of drug-likeness (QED) is 0.0559. The molecule has 1 amide bonds. The van der Waals surface area contributed by atoms with E-state index in [4.69, 9.17) is 0 Å². The van der Waals surface area contributed by atoms with Gasteiger partial charge in [-0.25, -0.2) is 9.52 Å². The fraction of sp³-hybridized carbons (Fsp3) is 0.550. The maximum atomic E-state index is 12.1. The number of nitrogens with one attached hydrogen (secondary N) is 4. The predicted octanol–water partition coefficient (Wildman–Crippen LogP) is 4.75. The number of hydrogen-bond donors (Lipinski definition) is 10. The second kappa shape index (κ2) is 20.1. The summed E-state index contributed by atoms with van der Waals surface area (Å²) in [4.78, 5) is 17.6. The Labute approximate surface area is 323 Å². The zero-order chi connectivity index (χ0) is 40.3. The van der Waals surface area contributed by atoms with Crippen LogP contribution in [0.4, 0.5) is 4.79 Å². The number of carboxylic acid groups (broad SMARTS) is 1. The lowest BCUT2D eigenvalue weighted by molar-refractivity contribution is -0.0227. The highest BCUT2D eigenvalue weighted by molar-refractivity contribution is 8.22. The first kappa shape index (κ1) is 45.2. The van der Waals surface area contributed by atoms with Crippen LogP contribution in [0.2, 0.25) is 0 Å². The molecule has 2 unspecified atom stereocenters. The largest absolute Gasteiger partial charge is 0.465 e. The van der Waals surface area contributed by atoms with Gasteiger partial charge in [-0.15, -0.1) is 10.8 Å². The Morgan fingerprint density at radius 1 is 0.796 bits per heavy atom. The maximum absolute atomic E-state index is 12.1. The van der Waals surface area contributed by atoms with Gasteiger partial charge in [-0.1, -0.05) is 102 Å². The highest BCUT2D eigenvalue weighted by Crippen LogP contribution is 2.28. The number of benzene rings is 2. The molecule has 10 N–H and O–H groups in total. The van der Waals surface area contributed by atoms with Gasteiger partial charge >= 0.3 is 6.09 Å². The van der Waals surface area contributed by atoms with Crippen LogP contribution >= 0.6 is 10.8 Å². The molecule has 0 aliphatic heterocycles. The molecule has 3 aromatic rings. The van der Waals surface area contributed by atoms with Crippen molar-refractivity contribution in [3.8, 4) is 11.3 Å². The standard InChI is InChI=1S/C40H64N6O7S/c1-39(2,3)34(42-22-23-43-54(8,52)53)36(48)45-32(25-27-14-10-9-11-15-27)33(47)26-30(44-37(49)35(40(4,5)6)46(7)38(50)51)24-28-17-19-29(20-18-28)31-16-12-13-21-41-31/h9-21,30,32-37,42-45,47-49,52-53H,22-26H2,1-8H3,(H,50,51)/t30-,32+,33+,34-,35-,36?,37?/m1/s1. The molecule has 0 aliphatic rings. The van der Waals surface area contributed by atoms with Gasteiger partial charge in [0.25, 0.3) is 0 Å². The van der Waals surface area contributed by atoms with Crippen LogP contribution < -0.4 is 20.7 Å². The third kappa shape index (κ3) is 14.8. The van der Waals surface area contributed by atoms with Gasteiger partial charge in [0, 0.05) is 50.2 Å². The highest BCUT2D eigenvalue weighted by Gasteiger charge is 2.39. The van der Waals surface area contributed by atoms with Gasteiger partial charge in [0.1, 0.15) is 12.5 Å². The zero-order valence-corrected chi connectivity index (χ0v) is 33.8. The van der Waals surface area contributed by atoms with Crippen molar-refractivity contribution in [2.45, 2.75) is 104 Å². The summed E-state index contributed by atoms with van der Waals surface area (Å²) in [6, 6.07) is 20.9. The molecule has 1 aromatic heterocycles. The summed E-state index contributed by atoms with van der Waals surface area (Å²) in [5.74, 6) is 0. The van der Waals surface area contributed by atoms with Gasteiger partial charge in [-0.2, -0.15) is 0 Å². The molecule has 0 aliphatic carbocycles. The van der Waals surface area contributed by atoms with E-state index in [0.29, 0.717) is 19.4 Å². The number of aromatic nitrogens is 1. The Morgan fingerprint density at radius 2 is 1.41 bits per heavy atom. The Morgan fingerprint density at radius 3 is 1.94 bits per heavy atom. The summed E-state index contributed by atoms with van der Waals surface area (Å²) in [5.41, 5.74) is 2.60. The number of carbonyl (C=O) groups is 1. The number of pyridine rings is 1. The average Bonchev–Trinajstić information content (AvgIpc) is 3.07. The topological polar surface area (TPSA) is 203 Å². The van der Waals surface area contributed by atoms with E-state index < -0.39 is 70.4 Å². The Balaban J connectivity index is 1.93. The first-order chi connectivity index (χ1) is 25.2. The minimum atomic E-state index is -2.88. The van der Waals surface area contributed by atoms with Crippen LogP contribution in [0.15, 0.2) is 79.0 Å². The van der Waals surface area contributed by atoms with Crippen molar-refractivity contribution in [3.63, 3.8) is 0 Å². The molecular weight excluding hydrogens is 709 g/mol. The predicted molar refractivity (Wildman–Crippen MR) is 217 cm³/mol. The van der Waals surface area contributed by atoms with Gasteiger partial charge in [0.05, 0.1) is 23.9 Å². The lowest BCUT2D eigenvalue weighted by Gasteiger charge is -2.41. The number of rotatable bonds is 20. The third-order valence-electron chi connectivity index (χ3n) is 9.50. The molecule has 14 heteroatoms. The van der Waals surface area contributed by atoms with E-state index >= 15 is 0 Å². The van der Waals surface area contributed by atoms with Crippen molar-refractivity contribution >= 4 is 16.9 Å². The maximum Gasteiger partial charge on any atom is 0.407 e. The minimum absolute atomic E-state index is 0.149. The Kier molecular flexibility index (Phi) is 16.9. The second-order valence-corrected chi connectivity index (χ2v) is 18.3. The molecule has 7 atom stereocenters. The molecule has 0 fully saturated rings. The number of amides is 1. The first-order valence-corrected chi connectivity index (χ1v) is 20.4. The molecule has 13 nitrogen and oxygen atoms in total. The van der Waals surface area contributed by atoms with Crippen LogP contribution in [0, 0.1) is 10.8 Å². The molecule has 0 bridgehead atoms. The van der Waals surface area contributed by atoms with Gasteiger partial charge in [0.15, 0.2) is 0 Å². The molecule has 0 saturated heterocycles. The highest BCUT2D eigenvalue weighted by atomic mass is 32.3. The first-order valence-electron chi connectivity index (χ1n) is 18.4. The Bertz CT molecular complexity index is 1530. The molecule has 3 rings (SSSR count). The molecule has 0 spiro atoms. The van der Waals surface area contributed by atoms with Crippen LogP contribution in [-0.2, 0) is 12.8 Å². The summed E-state index contributed by atoms with van der Waals surface area (Å²) < 4.78 is 22.1. The molecule has 302 valence electrons. The second-order valence-electron chi connectivity index (χ2n) is 16.4. The SMILES string of the molecule is CN(C(=O)O)[C@H](C(O)N[C@H](Cc1ccc(-c2ccccn2)cc1)C[C@H](O)[C@H](Cc1ccccc1)NC(O)[C@@H](NCCNS(C)(O)O)C(C)(C)C)C(C)(C)C. The van der Waals surface area contributed by atoms with Crippen molar-refractivity contribution < 1.29 is 34.3 Å². The Hall–Kier alpha value is -3.15. The van der Waals surface area contributed by atoms with Crippen molar-refractivity contribution in [2.24, 2.45) is 10.8 Å². The number of nitrogens with zero attached hydrogens (tertiary/aromatic N) is 2. The van der Waals surface area contributed by atoms with E-state index in [2.05, 4.69) is 25.7 Å². The van der Waals surface area contributed by atoms with Crippen LogP contribution in [0.25, 0.3) is 11.3 Å². The van der Waals surface area contributed by atoms with Crippen molar-refractivity contribution in [1.29, 1.82) is 0 Å². The van der Waals surface area contributed by atoms with Crippen LogP contribution in [0.3, 0.4) is 0 Å². The average molecular weight is 773 g/mol. The number of aliphatic hydroxyl groups is 3. The molecule has 1 heterocycles. The molecule has 54 heavy (non-hydrogen) atoms. The normalized spacial score (nSPS) is 16.8. The van der Waals surface area contributed by atoms with Gasteiger partial charge in [-0.05, 0) is 53.4 Å². The summed E-state index contributed by atoms with van der Waals surface area (Å²) in [6.07, 6.45) is -0.592. The van der Waals surface area contributed by atoms with E-state index in [1.54, 1.807) is 6.20 Å². The smallest absolute Gasteiger partial charge is 0.407 e. The fourth-order valence-electron chi connectivity index (χ4n) is 6.87. The summed E-state index contributed by atoms with van der Waals surface area (Å²) in [6.45, 7) is 12.2. The van der Waals surface area contributed by atoms with E-state index in [1.807, 2.05) is 114 Å². The minimum Gasteiger partial charge on any atom is -0.465 e. The van der Waals surface area contributed by atoms with Crippen LogP contribution in [-0.4, -0.2) is 115 Å². The number of likely N-dealkylation sites (N-methyl/N-ethyl adjacent to an activating group) is 1. The summed E-state index contributed by atoms with van der Waals surface area (Å²) >= 11 is 0. The van der Waals surface area contributed by atoms with E-state index in [1.165, 1.54) is 13.3 Å². The zero-order valence-electron chi connectivity index (χ0n) is 33.0.